The number of likely N-dealkylation sites (N-methyl/N-ethyl adjacent to an activating group) is 1. The number of ether oxygens (including phenoxy) is 1. The first-order valence-electron chi connectivity index (χ1n) is 6.22. The van der Waals surface area contributed by atoms with Crippen LogP contribution in [0.1, 0.15) is 19.8 Å². The third kappa shape index (κ3) is 3.66. The summed E-state index contributed by atoms with van der Waals surface area (Å²) in [5, 5.41) is 10.4. The van der Waals surface area contributed by atoms with Gasteiger partial charge in [-0.25, -0.2) is 0 Å². The molecule has 0 aromatic carbocycles. The Balaban J connectivity index is 2.62. The number of methoxy groups -OCH3 is 1. The van der Waals surface area contributed by atoms with Crippen LogP contribution in [0, 0.1) is 0 Å². The lowest BCUT2D eigenvalue weighted by molar-refractivity contribution is -0.159. The van der Waals surface area contributed by atoms with E-state index in [2.05, 4.69) is 0 Å². The van der Waals surface area contributed by atoms with Crippen LogP contribution < -0.4 is 0 Å². The smallest absolute Gasteiger partial charge is 0.255 e. The van der Waals surface area contributed by atoms with Crippen LogP contribution >= 0.6 is 0 Å². The highest BCUT2D eigenvalue weighted by atomic mass is 16.5. The average molecular weight is 244 g/mol. The van der Waals surface area contributed by atoms with Crippen molar-refractivity contribution in [3.05, 3.63) is 0 Å². The van der Waals surface area contributed by atoms with Crippen molar-refractivity contribution in [3.8, 4) is 0 Å². The number of rotatable bonds is 6. The van der Waals surface area contributed by atoms with Crippen molar-refractivity contribution in [2.75, 3.05) is 46.9 Å². The van der Waals surface area contributed by atoms with Crippen molar-refractivity contribution >= 4 is 5.91 Å². The van der Waals surface area contributed by atoms with Gasteiger partial charge in [0.05, 0.1) is 6.61 Å². The van der Waals surface area contributed by atoms with Gasteiger partial charge in [-0.05, 0) is 26.4 Å². The highest BCUT2D eigenvalue weighted by molar-refractivity contribution is 5.86. The Kier molecular flexibility index (Phi) is 5.36. The van der Waals surface area contributed by atoms with Crippen LogP contribution in [0.2, 0.25) is 0 Å². The molecule has 1 amide bonds. The van der Waals surface area contributed by atoms with E-state index in [1.165, 1.54) is 0 Å². The summed E-state index contributed by atoms with van der Waals surface area (Å²) in [5.74, 6) is -0.152. The average Bonchev–Trinajstić information content (AvgIpc) is 2.31. The Bertz CT molecular complexity index is 260. The summed E-state index contributed by atoms with van der Waals surface area (Å²) >= 11 is 0. The van der Waals surface area contributed by atoms with E-state index in [0.29, 0.717) is 26.1 Å². The van der Waals surface area contributed by atoms with Crippen molar-refractivity contribution in [2.45, 2.75) is 25.4 Å². The topological polar surface area (TPSA) is 53.0 Å². The summed E-state index contributed by atoms with van der Waals surface area (Å²) in [6.45, 7) is 5.05. The van der Waals surface area contributed by atoms with Gasteiger partial charge < -0.3 is 19.6 Å². The van der Waals surface area contributed by atoms with Gasteiger partial charge in [-0.15, -0.1) is 0 Å². The zero-order chi connectivity index (χ0) is 12.9. The molecule has 1 aliphatic heterocycles. The van der Waals surface area contributed by atoms with Gasteiger partial charge in [-0.1, -0.05) is 6.92 Å². The monoisotopic (exact) mass is 244 g/mol. The number of piperidine rings is 1. The van der Waals surface area contributed by atoms with Crippen LogP contribution in [-0.2, 0) is 9.53 Å². The molecule has 0 bridgehead atoms. The lowest BCUT2D eigenvalue weighted by atomic mass is 9.91. The summed E-state index contributed by atoms with van der Waals surface area (Å²) in [6.07, 6.45) is 1.41. The lowest BCUT2D eigenvalue weighted by Crippen LogP contribution is -2.58. The Labute approximate surface area is 103 Å². The molecule has 0 radical (unpaired) electrons. The molecule has 1 fully saturated rings. The number of likely N-dealkylation sites (tertiary alicyclic amines) is 1. The minimum absolute atomic E-state index is 0.152. The van der Waals surface area contributed by atoms with Gasteiger partial charge in [0.25, 0.3) is 5.91 Å². The van der Waals surface area contributed by atoms with Crippen LogP contribution in [-0.4, -0.2) is 73.4 Å². The predicted molar refractivity (Wildman–Crippen MR) is 65.8 cm³/mol. The first kappa shape index (κ1) is 14.4. The fourth-order valence-electron chi connectivity index (χ4n) is 2.19. The predicted octanol–water partition coefficient (Wildman–Crippen LogP) is -0.0620. The van der Waals surface area contributed by atoms with Crippen molar-refractivity contribution in [2.24, 2.45) is 0 Å². The molecule has 1 heterocycles. The van der Waals surface area contributed by atoms with Gasteiger partial charge in [0, 0.05) is 26.7 Å². The quantitative estimate of drug-likeness (QED) is 0.711. The molecule has 1 rings (SSSR count). The number of amides is 1. The second kappa shape index (κ2) is 6.33. The Morgan fingerprint density at radius 2 is 2.29 bits per heavy atom. The number of aliphatic hydroxyl groups is 1. The molecule has 1 atom stereocenters. The molecule has 100 valence electrons. The van der Waals surface area contributed by atoms with E-state index in [9.17, 15) is 9.90 Å². The van der Waals surface area contributed by atoms with Crippen molar-refractivity contribution in [1.29, 1.82) is 0 Å². The van der Waals surface area contributed by atoms with Gasteiger partial charge in [-0.2, -0.15) is 0 Å². The molecular formula is C12H24N2O3. The minimum Gasteiger partial charge on any atom is -0.383 e. The Morgan fingerprint density at radius 1 is 1.59 bits per heavy atom. The number of hydrogen-bond acceptors (Lipinski definition) is 4. The molecule has 0 aromatic heterocycles. The first-order chi connectivity index (χ1) is 8.03. The zero-order valence-electron chi connectivity index (χ0n) is 11.1. The summed E-state index contributed by atoms with van der Waals surface area (Å²) in [5.41, 5.74) is -1.21. The maximum atomic E-state index is 12.2. The molecule has 0 saturated carbocycles. The molecule has 1 saturated heterocycles. The minimum atomic E-state index is -1.21. The molecule has 17 heavy (non-hydrogen) atoms. The van der Waals surface area contributed by atoms with Crippen LogP contribution in [0.15, 0.2) is 0 Å². The van der Waals surface area contributed by atoms with Gasteiger partial charge in [0.1, 0.15) is 0 Å². The van der Waals surface area contributed by atoms with E-state index < -0.39 is 5.60 Å². The number of nitrogens with zero attached hydrogens (tertiary/aromatic N) is 2. The van der Waals surface area contributed by atoms with Crippen LogP contribution in [0.3, 0.4) is 0 Å². The second-order valence-corrected chi connectivity index (χ2v) is 4.75. The van der Waals surface area contributed by atoms with E-state index in [0.717, 1.165) is 19.5 Å². The molecule has 0 aliphatic carbocycles. The third-order valence-electron chi connectivity index (χ3n) is 3.34. The largest absolute Gasteiger partial charge is 0.383 e. The van der Waals surface area contributed by atoms with Crippen molar-refractivity contribution < 1.29 is 14.6 Å². The summed E-state index contributed by atoms with van der Waals surface area (Å²) < 4.78 is 4.98. The lowest BCUT2D eigenvalue weighted by Gasteiger charge is -2.39. The normalized spacial score (nSPS) is 25.7. The van der Waals surface area contributed by atoms with Gasteiger partial charge >= 0.3 is 0 Å². The van der Waals surface area contributed by atoms with E-state index in [-0.39, 0.29) is 5.91 Å². The van der Waals surface area contributed by atoms with E-state index in [4.69, 9.17) is 4.74 Å². The summed E-state index contributed by atoms with van der Waals surface area (Å²) in [6, 6.07) is 0. The highest BCUT2D eigenvalue weighted by Crippen LogP contribution is 2.23. The molecule has 5 nitrogen and oxygen atoms in total. The first-order valence-corrected chi connectivity index (χ1v) is 6.22. The molecular weight excluding hydrogens is 220 g/mol. The third-order valence-corrected chi connectivity index (χ3v) is 3.34. The fraction of sp³-hybridized carbons (Fsp3) is 0.917. The van der Waals surface area contributed by atoms with E-state index >= 15 is 0 Å². The van der Waals surface area contributed by atoms with Crippen LogP contribution in [0.5, 0.6) is 0 Å². The van der Waals surface area contributed by atoms with Gasteiger partial charge in [-0.3, -0.25) is 4.79 Å². The summed E-state index contributed by atoms with van der Waals surface area (Å²) in [4.78, 5) is 15.9. The number of hydrogen-bond donors (Lipinski definition) is 1. The van der Waals surface area contributed by atoms with E-state index in [1.807, 2.05) is 18.9 Å². The van der Waals surface area contributed by atoms with E-state index in [1.54, 1.807) is 12.0 Å². The molecule has 1 aliphatic rings. The Morgan fingerprint density at radius 3 is 2.88 bits per heavy atom. The molecule has 0 aromatic rings. The number of carbonyl (C=O) groups excluding carboxylic acids is 1. The van der Waals surface area contributed by atoms with Crippen LogP contribution in [0.25, 0.3) is 0 Å². The maximum absolute atomic E-state index is 12.2. The standard InChI is InChI=1S/C12H24N2O3/c1-4-13(2)10-12(16)6-5-7-14(11(12)15)8-9-17-3/h16H,4-10H2,1-3H3/t12-/m1/s1. The van der Waals surface area contributed by atoms with Crippen molar-refractivity contribution in [3.63, 3.8) is 0 Å². The Hall–Kier alpha value is -0.650. The second-order valence-electron chi connectivity index (χ2n) is 4.75. The molecule has 0 spiro atoms. The van der Waals surface area contributed by atoms with Gasteiger partial charge in [0.15, 0.2) is 5.60 Å². The van der Waals surface area contributed by atoms with Crippen LogP contribution in [0.4, 0.5) is 0 Å². The molecule has 1 N–H and O–H groups in total. The maximum Gasteiger partial charge on any atom is 0.255 e. The number of carbonyl (C=O) groups is 1. The zero-order valence-corrected chi connectivity index (χ0v) is 11.1. The highest BCUT2D eigenvalue weighted by Gasteiger charge is 2.42. The molecule has 0 unspecified atom stereocenters. The van der Waals surface area contributed by atoms with Crippen molar-refractivity contribution in [1.82, 2.24) is 9.80 Å². The molecule has 5 heteroatoms. The SMILES string of the molecule is CCN(C)C[C@]1(O)CCCN(CCOC)C1=O. The summed E-state index contributed by atoms with van der Waals surface area (Å²) in [7, 11) is 3.53. The fourth-order valence-corrected chi connectivity index (χ4v) is 2.19. The van der Waals surface area contributed by atoms with Gasteiger partial charge in [0.2, 0.25) is 0 Å².